The molecule has 2 nitrogen and oxygen atoms in total. The van der Waals surface area contributed by atoms with Crippen molar-refractivity contribution in [2.24, 2.45) is 0 Å². The molecule has 0 aliphatic carbocycles. The zero-order valence-corrected chi connectivity index (χ0v) is 11.3. The lowest BCUT2D eigenvalue weighted by molar-refractivity contribution is 0.0921. The van der Waals surface area contributed by atoms with Gasteiger partial charge in [0.05, 0.1) is 0 Å². The first kappa shape index (κ1) is 13.3. The van der Waals surface area contributed by atoms with Gasteiger partial charge in [0.25, 0.3) is 0 Å². The topological polar surface area (TPSA) is 26.3 Å². The van der Waals surface area contributed by atoms with Crippen molar-refractivity contribution >= 4 is 5.78 Å². The summed E-state index contributed by atoms with van der Waals surface area (Å²) in [4.78, 5) is 12.0. The SMILES string of the molecule is CCc1ccc(C(=O)COc2ccc(C)cc2)cc1. The fourth-order valence-electron chi connectivity index (χ4n) is 1.79. The summed E-state index contributed by atoms with van der Waals surface area (Å²) in [5.41, 5.74) is 3.11. The molecule has 0 spiro atoms. The number of Topliss-reactive ketones (excluding diaryl/α,β-unsaturated/α-hetero) is 1. The van der Waals surface area contributed by atoms with Crippen molar-refractivity contribution in [1.82, 2.24) is 0 Å². The van der Waals surface area contributed by atoms with Gasteiger partial charge in [-0.25, -0.2) is 0 Å². The fourth-order valence-corrected chi connectivity index (χ4v) is 1.79. The van der Waals surface area contributed by atoms with Crippen LogP contribution in [0.1, 0.15) is 28.4 Å². The van der Waals surface area contributed by atoms with E-state index in [1.54, 1.807) is 0 Å². The first-order valence-electron chi connectivity index (χ1n) is 6.50. The van der Waals surface area contributed by atoms with E-state index in [2.05, 4.69) is 6.92 Å². The number of ether oxygens (including phenoxy) is 1. The van der Waals surface area contributed by atoms with Crippen molar-refractivity contribution in [3.05, 3.63) is 65.2 Å². The Morgan fingerprint density at radius 3 is 2.21 bits per heavy atom. The standard InChI is InChI=1S/C17H18O2/c1-3-14-6-8-15(9-7-14)17(18)12-19-16-10-4-13(2)5-11-16/h4-11H,3,12H2,1-2H3. The van der Waals surface area contributed by atoms with Crippen LogP contribution in [0.25, 0.3) is 0 Å². The van der Waals surface area contributed by atoms with E-state index in [-0.39, 0.29) is 12.4 Å². The van der Waals surface area contributed by atoms with Gasteiger partial charge in [0.2, 0.25) is 0 Å². The molecule has 0 aliphatic rings. The molecule has 0 fully saturated rings. The zero-order valence-electron chi connectivity index (χ0n) is 11.3. The molecular formula is C17H18O2. The summed E-state index contributed by atoms with van der Waals surface area (Å²) in [5.74, 6) is 0.729. The summed E-state index contributed by atoms with van der Waals surface area (Å²) >= 11 is 0. The van der Waals surface area contributed by atoms with Gasteiger partial charge in [-0.3, -0.25) is 4.79 Å². The second-order valence-corrected chi connectivity index (χ2v) is 4.58. The van der Waals surface area contributed by atoms with Crippen LogP contribution in [-0.2, 0) is 6.42 Å². The van der Waals surface area contributed by atoms with Crippen molar-refractivity contribution in [3.63, 3.8) is 0 Å². The number of hydrogen-bond donors (Lipinski definition) is 0. The van der Waals surface area contributed by atoms with Crippen LogP contribution in [0.3, 0.4) is 0 Å². The van der Waals surface area contributed by atoms with Gasteiger partial charge in [-0.15, -0.1) is 0 Å². The molecule has 2 aromatic carbocycles. The average molecular weight is 254 g/mol. The maximum absolute atomic E-state index is 12.0. The average Bonchev–Trinajstić information content (AvgIpc) is 2.46. The number of carbonyl (C=O) groups is 1. The molecule has 2 aromatic rings. The predicted octanol–water partition coefficient (Wildman–Crippen LogP) is 3.82. The molecule has 0 aromatic heterocycles. The van der Waals surface area contributed by atoms with Gasteiger partial charge in [0.15, 0.2) is 12.4 Å². The van der Waals surface area contributed by atoms with Gasteiger partial charge < -0.3 is 4.74 Å². The molecule has 0 radical (unpaired) electrons. The van der Waals surface area contributed by atoms with Crippen molar-refractivity contribution in [2.45, 2.75) is 20.3 Å². The van der Waals surface area contributed by atoms with Crippen LogP contribution in [0.2, 0.25) is 0 Å². The Morgan fingerprint density at radius 2 is 1.63 bits per heavy atom. The molecule has 2 rings (SSSR count). The Bertz CT molecular complexity index is 538. The Labute approximate surface area is 114 Å². The summed E-state index contributed by atoms with van der Waals surface area (Å²) < 4.78 is 5.48. The van der Waals surface area contributed by atoms with Crippen LogP contribution in [0, 0.1) is 6.92 Å². The Hall–Kier alpha value is -2.09. The highest BCUT2D eigenvalue weighted by molar-refractivity contribution is 5.97. The maximum atomic E-state index is 12.0. The van der Waals surface area contributed by atoms with Crippen LogP contribution >= 0.6 is 0 Å². The van der Waals surface area contributed by atoms with Gasteiger partial charge in [-0.2, -0.15) is 0 Å². The molecule has 98 valence electrons. The Morgan fingerprint density at radius 1 is 1.00 bits per heavy atom. The normalized spacial score (nSPS) is 10.2. The van der Waals surface area contributed by atoms with Crippen LogP contribution in [-0.4, -0.2) is 12.4 Å². The van der Waals surface area contributed by atoms with Crippen molar-refractivity contribution < 1.29 is 9.53 Å². The molecule has 0 saturated heterocycles. The minimum Gasteiger partial charge on any atom is -0.485 e. The molecule has 19 heavy (non-hydrogen) atoms. The predicted molar refractivity (Wildman–Crippen MR) is 76.8 cm³/mol. The van der Waals surface area contributed by atoms with E-state index in [1.807, 2.05) is 55.5 Å². The lowest BCUT2D eigenvalue weighted by Gasteiger charge is -2.06. The number of benzene rings is 2. The molecule has 0 amide bonds. The molecular weight excluding hydrogens is 236 g/mol. The van der Waals surface area contributed by atoms with E-state index in [9.17, 15) is 4.79 Å². The first-order valence-corrected chi connectivity index (χ1v) is 6.50. The number of carbonyl (C=O) groups excluding carboxylic acids is 1. The third-order valence-electron chi connectivity index (χ3n) is 3.08. The van der Waals surface area contributed by atoms with Crippen molar-refractivity contribution in [1.29, 1.82) is 0 Å². The lowest BCUT2D eigenvalue weighted by atomic mass is 10.1. The van der Waals surface area contributed by atoms with Crippen molar-refractivity contribution in [2.75, 3.05) is 6.61 Å². The van der Waals surface area contributed by atoms with E-state index in [1.165, 1.54) is 11.1 Å². The third kappa shape index (κ3) is 3.68. The number of hydrogen-bond acceptors (Lipinski definition) is 2. The summed E-state index contributed by atoms with van der Waals surface area (Å²) in [5, 5.41) is 0. The van der Waals surface area contributed by atoms with Crippen LogP contribution < -0.4 is 4.74 Å². The quantitative estimate of drug-likeness (QED) is 0.758. The molecule has 0 heterocycles. The van der Waals surface area contributed by atoms with E-state index in [0.29, 0.717) is 5.56 Å². The number of aryl methyl sites for hydroxylation is 2. The largest absolute Gasteiger partial charge is 0.485 e. The summed E-state index contributed by atoms with van der Waals surface area (Å²) in [6.07, 6.45) is 0.980. The van der Waals surface area contributed by atoms with Crippen molar-refractivity contribution in [3.8, 4) is 5.75 Å². The van der Waals surface area contributed by atoms with E-state index < -0.39 is 0 Å². The minimum atomic E-state index is 0.00299. The van der Waals surface area contributed by atoms with E-state index >= 15 is 0 Å². The second kappa shape index (κ2) is 6.19. The fraction of sp³-hybridized carbons (Fsp3) is 0.235. The Kier molecular flexibility index (Phi) is 4.35. The smallest absolute Gasteiger partial charge is 0.200 e. The van der Waals surface area contributed by atoms with E-state index in [0.717, 1.165) is 12.2 Å². The van der Waals surface area contributed by atoms with Gasteiger partial charge >= 0.3 is 0 Å². The van der Waals surface area contributed by atoms with Gasteiger partial charge in [-0.1, -0.05) is 48.9 Å². The summed E-state index contributed by atoms with van der Waals surface area (Å²) in [6.45, 7) is 4.19. The molecule has 0 N–H and O–H groups in total. The zero-order chi connectivity index (χ0) is 13.7. The van der Waals surface area contributed by atoms with Crippen LogP contribution in [0.15, 0.2) is 48.5 Å². The maximum Gasteiger partial charge on any atom is 0.200 e. The van der Waals surface area contributed by atoms with Crippen LogP contribution in [0.5, 0.6) is 5.75 Å². The lowest BCUT2D eigenvalue weighted by Crippen LogP contribution is -2.11. The monoisotopic (exact) mass is 254 g/mol. The molecule has 0 aliphatic heterocycles. The molecule has 0 bridgehead atoms. The second-order valence-electron chi connectivity index (χ2n) is 4.58. The molecule has 2 heteroatoms. The molecule has 0 atom stereocenters. The summed E-state index contributed by atoms with van der Waals surface area (Å²) in [7, 11) is 0. The highest BCUT2D eigenvalue weighted by Crippen LogP contribution is 2.12. The highest BCUT2D eigenvalue weighted by Gasteiger charge is 2.06. The van der Waals surface area contributed by atoms with Gasteiger partial charge in [0, 0.05) is 5.56 Å². The Balaban J connectivity index is 1.95. The molecule has 0 unspecified atom stereocenters. The summed E-state index contributed by atoms with van der Waals surface area (Å²) in [6, 6.07) is 15.4. The first-order chi connectivity index (χ1) is 9.19. The minimum absolute atomic E-state index is 0.00299. The van der Waals surface area contributed by atoms with Gasteiger partial charge in [0.1, 0.15) is 5.75 Å². The van der Waals surface area contributed by atoms with E-state index in [4.69, 9.17) is 4.74 Å². The van der Waals surface area contributed by atoms with Gasteiger partial charge in [-0.05, 0) is 31.0 Å². The highest BCUT2D eigenvalue weighted by atomic mass is 16.5. The third-order valence-corrected chi connectivity index (χ3v) is 3.08. The number of rotatable bonds is 5. The number of ketones is 1. The molecule has 0 saturated carbocycles. The van der Waals surface area contributed by atoms with Crippen LogP contribution in [0.4, 0.5) is 0 Å².